The highest BCUT2D eigenvalue weighted by atomic mass is 15.5. The Bertz CT molecular complexity index is 2200. The third-order valence-corrected chi connectivity index (χ3v) is 8.89. The summed E-state index contributed by atoms with van der Waals surface area (Å²) in [5, 5.41) is 20.1. The molecule has 0 spiro atoms. The molecule has 0 fully saturated rings. The minimum Gasteiger partial charge on any atom is -0.239 e. The van der Waals surface area contributed by atoms with Crippen molar-refractivity contribution in [1.29, 1.82) is 0 Å². The molecule has 45 heavy (non-hydrogen) atoms. The summed E-state index contributed by atoms with van der Waals surface area (Å²) in [6.45, 7) is 4.35. The second-order valence-electron chi connectivity index (χ2n) is 11.6. The van der Waals surface area contributed by atoms with Crippen LogP contribution in [0.1, 0.15) is 11.1 Å². The minimum atomic E-state index is 0.634. The van der Waals surface area contributed by atoms with Crippen LogP contribution in [-0.4, -0.2) is 20.6 Å². The van der Waals surface area contributed by atoms with Gasteiger partial charge >= 0.3 is 0 Å². The Labute approximate surface area is 262 Å². The lowest BCUT2D eigenvalue weighted by atomic mass is 9.86. The Balaban J connectivity index is 1.37. The molecule has 0 aliphatic heterocycles. The zero-order valence-electron chi connectivity index (χ0n) is 25.1. The lowest BCUT2D eigenvalue weighted by Gasteiger charge is -2.17. The summed E-state index contributed by atoms with van der Waals surface area (Å²) >= 11 is 0. The number of nitrogens with one attached hydrogen (secondary N) is 1. The van der Waals surface area contributed by atoms with Crippen molar-refractivity contribution >= 4 is 21.5 Å². The number of hydrogen-bond donors (Lipinski definition) is 1. The highest BCUT2D eigenvalue weighted by molar-refractivity contribution is 6.04. The fourth-order valence-corrected chi connectivity index (χ4v) is 6.67. The van der Waals surface area contributed by atoms with Crippen LogP contribution in [-0.2, 0) is 0 Å². The van der Waals surface area contributed by atoms with Crippen LogP contribution in [0, 0.1) is 13.8 Å². The monoisotopic (exact) mass is 578 g/mol. The van der Waals surface area contributed by atoms with Gasteiger partial charge in [-0.15, -0.1) is 5.10 Å². The molecule has 0 atom stereocenters. The summed E-state index contributed by atoms with van der Waals surface area (Å²) in [6, 6.07) is 50.3. The van der Waals surface area contributed by atoms with Crippen molar-refractivity contribution in [2.24, 2.45) is 0 Å². The predicted octanol–water partition coefficient (Wildman–Crippen LogP) is 10.5. The van der Waals surface area contributed by atoms with Gasteiger partial charge < -0.3 is 0 Å². The molecular formula is C41H30N4. The molecule has 0 bridgehead atoms. The maximum atomic E-state index is 4.30. The van der Waals surface area contributed by atoms with E-state index in [2.05, 4.69) is 174 Å². The number of benzene rings is 7. The lowest BCUT2D eigenvalue weighted by Crippen LogP contribution is -1.93. The van der Waals surface area contributed by atoms with E-state index in [9.17, 15) is 0 Å². The normalized spacial score (nSPS) is 11.3. The average Bonchev–Trinajstić information content (AvgIpc) is 3.65. The Morgan fingerprint density at radius 3 is 1.29 bits per heavy atom. The molecule has 4 heteroatoms. The van der Waals surface area contributed by atoms with Crippen LogP contribution in [0.5, 0.6) is 0 Å². The summed E-state index contributed by atoms with van der Waals surface area (Å²) in [5.74, 6) is 0.634. The number of aromatic nitrogens is 4. The molecule has 0 unspecified atom stereocenters. The summed E-state index contributed by atoms with van der Waals surface area (Å²) < 4.78 is 0. The van der Waals surface area contributed by atoms with Crippen molar-refractivity contribution in [2.75, 3.05) is 0 Å². The zero-order chi connectivity index (χ0) is 30.3. The van der Waals surface area contributed by atoms with E-state index in [4.69, 9.17) is 0 Å². The second-order valence-corrected chi connectivity index (χ2v) is 11.6. The smallest absolute Gasteiger partial charge is 0.179 e. The largest absolute Gasteiger partial charge is 0.239 e. The van der Waals surface area contributed by atoms with Gasteiger partial charge in [0.1, 0.15) is 0 Å². The number of H-pyrrole nitrogens is 1. The van der Waals surface area contributed by atoms with Crippen LogP contribution in [0.3, 0.4) is 0 Å². The molecule has 8 aromatic rings. The molecule has 8 rings (SSSR count). The molecule has 1 N–H and O–H groups in total. The van der Waals surface area contributed by atoms with Crippen molar-refractivity contribution in [1.82, 2.24) is 20.6 Å². The number of tetrazole rings is 1. The van der Waals surface area contributed by atoms with Crippen molar-refractivity contribution in [2.45, 2.75) is 13.8 Å². The van der Waals surface area contributed by atoms with Crippen LogP contribution < -0.4 is 0 Å². The molecule has 0 aliphatic carbocycles. The number of rotatable bonds is 5. The predicted molar refractivity (Wildman–Crippen MR) is 186 cm³/mol. The average molecular weight is 579 g/mol. The highest BCUT2D eigenvalue weighted by Crippen LogP contribution is 2.42. The van der Waals surface area contributed by atoms with Gasteiger partial charge in [0.15, 0.2) is 5.82 Å². The first-order chi connectivity index (χ1) is 22.2. The molecule has 0 aliphatic rings. The summed E-state index contributed by atoms with van der Waals surface area (Å²) in [4.78, 5) is 0. The van der Waals surface area contributed by atoms with E-state index in [1.165, 1.54) is 54.9 Å². The molecular weight excluding hydrogens is 548 g/mol. The van der Waals surface area contributed by atoms with Gasteiger partial charge in [-0.1, -0.05) is 121 Å². The number of aromatic amines is 1. The van der Waals surface area contributed by atoms with Gasteiger partial charge in [-0.3, -0.25) is 0 Å². The number of aryl methyl sites for hydroxylation is 2. The molecule has 0 amide bonds. The van der Waals surface area contributed by atoms with Gasteiger partial charge in [-0.25, -0.2) is 5.10 Å². The molecule has 0 radical (unpaired) electrons. The first-order valence-electron chi connectivity index (χ1n) is 15.2. The molecule has 0 saturated heterocycles. The molecule has 1 aromatic heterocycles. The topological polar surface area (TPSA) is 54.5 Å². The quantitative estimate of drug-likeness (QED) is 0.221. The standard InChI is InChI=1S/C41H30N4/c1-26-19-21-39(35-15-7-3-11-31(26)35)37-17-9-5-13-33(37)28-23-29(25-30(24-28)41-42-44-45-43-41)34-14-6-10-18-38(34)40-22-20-27(2)32-12-4-8-16-36(32)40/h3-25H,1-2H3,(H,42,43,44,45). The fraction of sp³-hybridized carbons (Fsp3) is 0.0488. The van der Waals surface area contributed by atoms with E-state index >= 15 is 0 Å². The molecule has 4 nitrogen and oxygen atoms in total. The minimum absolute atomic E-state index is 0.634. The Hall–Kier alpha value is -5.87. The van der Waals surface area contributed by atoms with E-state index < -0.39 is 0 Å². The van der Waals surface area contributed by atoms with E-state index in [-0.39, 0.29) is 0 Å². The van der Waals surface area contributed by atoms with E-state index in [1.807, 2.05) is 0 Å². The third-order valence-electron chi connectivity index (χ3n) is 8.89. The van der Waals surface area contributed by atoms with Gasteiger partial charge in [0, 0.05) is 5.56 Å². The molecule has 1 heterocycles. The maximum Gasteiger partial charge on any atom is 0.179 e. The Morgan fingerprint density at radius 2 is 0.822 bits per heavy atom. The zero-order valence-corrected chi connectivity index (χ0v) is 25.1. The summed E-state index contributed by atoms with van der Waals surface area (Å²) in [5.41, 5.74) is 12.8. The molecule has 214 valence electrons. The van der Waals surface area contributed by atoms with Gasteiger partial charge in [-0.05, 0) is 120 Å². The Kier molecular flexibility index (Phi) is 6.54. The van der Waals surface area contributed by atoms with Gasteiger partial charge in [0.2, 0.25) is 0 Å². The number of nitrogens with zero attached hydrogens (tertiary/aromatic N) is 3. The van der Waals surface area contributed by atoms with Crippen LogP contribution in [0.15, 0.2) is 140 Å². The second kappa shape index (κ2) is 11.0. The number of fused-ring (bicyclic) bond motifs is 2. The van der Waals surface area contributed by atoms with Crippen molar-refractivity contribution < 1.29 is 0 Å². The maximum absolute atomic E-state index is 4.30. The lowest BCUT2D eigenvalue weighted by molar-refractivity contribution is 0.881. The van der Waals surface area contributed by atoms with Gasteiger partial charge in [-0.2, -0.15) is 0 Å². The Morgan fingerprint density at radius 1 is 0.400 bits per heavy atom. The van der Waals surface area contributed by atoms with E-state index in [0.717, 1.165) is 27.8 Å². The van der Waals surface area contributed by atoms with Gasteiger partial charge in [0.05, 0.1) is 0 Å². The van der Waals surface area contributed by atoms with Crippen molar-refractivity contribution in [3.8, 4) is 55.9 Å². The fourth-order valence-electron chi connectivity index (χ4n) is 6.67. The molecule has 0 saturated carbocycles. The SMILES string of the molecule is Cc1ccc(-c2ccccc2-c2cc(-c3nnn[nH]3)cc(-c3ccccc3-c3ccc(C)c4ccccc34)c2)c2ccccc12. The van der Waals surface area contributed by atoms with Crippen LogP contribution in [0.25, 0.3) is 77.4 Å². The summed E-state index contributed by atoms with van der Waals surface area (Å²) in [6.07, 6.45) is 0. The van der Waals surface area contributed by atoms with E-state index in [1.54, 1.807) is 0 Å². The number of hydrogen-bond acceptors (Lipinski definition) is 3. The third kappa shape index (κ3) is 4.68. The van der Waals surface area contributed by atoms with Crippen molar-refractivity contribution in [3.63, 3.8) is 0 Å². The first kappa shape index (κ1) is 26.7. The molecule has 7 aromatic carbocycles. The van der Waals surface area contributed by atoms with Crippen molar-refractivity contribution in [3.05, 3.63) is 151 Å². The van der Waals surface area contributed by atoms with Crippen LogP contribution in [0.4, 0.5) is 0 Å². The highest BCUT2D eigenvalue weighted by Gasteiger charge is 2.17. The van der Waals surface area contributed by atoms with Gasteiger partial charge in [0.25, 0.3) is 0 Å². The van der Waals surface area contributed by atoms with E-state index in [0.29, 0.717) is 5.82 Å². The van der Waals surface area contributed by atoms with Crippen LogP contribution in [0.2, 0.25) is 0 Å². The van der Waals surface area contributed by atoms with Crippen LogP contribution >= 0.6 is 0 Å². The summed E-state index contributed by atoms with van der Waals surface area (Å²) in [7, 11) is 0. The first-order valence-corrected chi connectivity index (χ1v) is 15.2.